The van der Waals surface area contributed by atoms with Crippen LogP contribution in [0, 0.1) is 6.92 Å². The topological polar surface area (TPSA) is 57.7 Å². The first-order valence-electron chi connectivity index (χ1n) is 9.61. The first-order valence-corrected chi connectivity index (χ1v) is 11.5. The highest BCUT2D eigenvalue weighted by molar-refractivity contribution is 7.88. The number of piperidine rings is 1. The number of likely N-dealkylation sites (tertiary alicyclic amines) is 1. The van der Waals surface area contributed by atoms with E-state index in [9.17, 15) is 13.2 Å². The molecule has 1 aliphatic heterocycles. The van der Waals surface area contributed by atoms with Gasteiger partial charge < -0.3 is 4.90 Å². The number of unbranched alkanes of at least 4 members (excludes halogenated alkanes) is 1. The second-order valence-corrected chi connectivity index (χ2v) is 9.21. The number of sulfonamides is 1. The van der Waals surface area contributed by atoms with E-state index in [4.69, 9.17) is 0 Å². The second-order valence-electron chi connectivity index (χ2n) is 7.27. The smallest absolute Gasteiger partial charge is 0.222 e. The SMILES string of the molecule is CCN(C1CCN(C(=O)CCCCc2ccc(C)cc2)CC1)S(C)(=O)=O. The average Bonchev–Trinajstić information content (AvgIpc) is 2.60. The Labute approximate surface area is 158 Å². The Hall–Kier alpha value is -1.40. The number of hydrogen-bond acceptors (Lipinski definition) is 3. The minimum absolute atomic E-state index is 0.0283. The normalized spacial score (nSPS) is 16.2. The van der Waals surface area contributed by atoms with Crippen LogP contribution in [0.5, 0.6) is 0 Å². The Morgan fingerprint density at radius 3 is 2.31 bits per heavy atom. The van der Waals surface area contributed by atoms with Gasteiger partial charge in [-0.1, -0.05) is 36.8 Å². The van der Waals surface area contributed by atoms with Crippen LogP contribution in [-0.2, 0) is 21.2 Å². The summed E-state index contributed by atoms with van der Waals surface area (Å²) in [5, 5.41) is 0. The molecule has 0 aliphatic carbocycles. The zero-order valence-electron chi connectivity index (χ0n) is 16.3. The maximum Gasteiger partial charge on any atom is 0.222 e. The van der Waals surface area contributed by atoms with Gasteiger partial charge in [0, 0.05) is 32.1 Å². The van der Waals surface area contributed by atoms with Gasteiger partial charge in [-0.3, -0.25) is 4.79 Å². The maximum absolute atomic E-state index is 12.4. The summed E-state index contributed by atoms with van der Waals surface area (Å²) in [4.78, 5) is 14.3. The maximum atomic E-state index is 12.4. The first-order chi connectivity index (χ1) is 12.3. The van der Waals surface area contributed by atoms with E-state index < -0.39 is 10.0 Å². The molecule has 1 aliphatic rings. The highest BCUT2D eigenvalue weighted by atomic mass is 32.2. The van der Waals surface area contributed by atoms with E-state index in [1.807, 2.05) is 11.8 Å². The van der Waals surface area contributed by atoms with Crippen LogP contribution in [0.2, 0.25) is 0 Å². The van der Waals surface area contributed by atoms with Crippen LogP contribution in [0.25, 0.3) is 0 Å². The molecule has 0 atom stereocenters. The van der Waals surface area contributed by atoms with Crippen LogP contribution in [0.3, 0.4) is 0 Å². The lowest BCUT2D eigenvalue weighted by molar-refractivity contribution is -0.132. The van der Waals surface area contributed by atoms with Gasteiger partial charge in [0.15, 0.2) is 0 Å². The van der Waals surface area contributed by atoms with Crippen molar-refractivity contribution >= 4 is 15.9 Å². The van der Waals surface area contributed by atoms with E-state index in [0.29, 0.717) is 26.1 Å². The summed E-state index contributed by atoms with van der Waals surface area (Å²) < 4.78 is 25.2. The summed E-state index contributed by atoms with van der Waals surface area (Å²) in [6.45, 7) is 5.77. The molecule has 6 heteroatoms. The molecule has 0 saturated carbocycles. The summed E-state index contributed by atoms with van der Waals surface area (Å²) >= 11 is 0. The van der Waals surface area contributed by atoms with Gasteiger partial charge in [-0.05, 0) is 44.6 Å². The van der Waals surface area contributed by atoms with Crippen molar-refractivity contribution in [3.8, 4) is 0 Å². The second kappa shape index (κ2) is 9.51. The quantitative estimate of drug-likeness (QED) is 0.652. The average molecular weight is 381 g/mol. The molecule has 1 saturated heterocycles. The molecule has 1 aromatic carbocycles. The van der Waals surface area contributed by atoms with Gasteiger partial charge in [-0.2, -0.15) is 4.31 Å². The van der Waals surface area contributed by atoms with Crippen molar-refractivity contribution in [2.45, 2.75) is 58.4 Å². The largest absolute Gasteiger partial charge is 0.343 e. The van der Waals surface area contributed by atoms with Crippen molar-refractivity contribution in [1.29, 1.82) is 0 Å². The standard InChI is InChI=1S/C20H32N2O3S/c1-4-22(26(3,24)25)19-13-15-21(16-14-19)20(23)8-6-5-7-18-11-9-17(2)10-12-18/h9-12,19H,4-8,13-16H2,1-3H3. The zero-order chi connectivity index (χ0) is 19.2. The lowest BCUT2D eigenvalue weighted by Crippen LogP contribution is -2.48. The van der Waals surface area contributed by atoms with Gasteiger partial charge in [0.05, 0.1) is 6.26 Å². The Balaban J connectivity index is 1.70. The summed E-state index contributed by atoms with van der Waals surface area (Å²) in [7, 11) is -3.17. The summed E-state index contributed by atoms with van der Waals surface area (Å²) in [6, 6.07) is 8.59. The first kappa shape index (κ1) is 20.9. The molecule has 0 aromatic heterocycles. The molecule has 0 spiro atoms. The Bertz CT molecular complexity index is 678. The monoisotopic (exact) mass is 380 g/mol. The van der Waals surface area contributed by atoms with Crippen LogP contribution < -0.4 is 0 Å². The molecule has 26 heavy (non-hydrogen) atoms. The third-order valence-electron chi connectivity index (χ3n) is 5.19. The van der Waals surface area contributed by atoms with Crippen LogP contribution in [0.15, 0.2) is 24.3 Å². The number of hydrogen-bond donors (Lipinski definition) is 0. The van der Waals surface area contributed by atoms with E-state index >= 15 is 0 Å². The van der Waals surface area contributed by atoms with Crippen LogP contribution >= 0.6 is 0 Å². The number of benzene rings is 1. The molecular formula is C20H32N2O3S. The number of nitrogens with zero attached hydrogens (tertiary/aromatic N) is 2. The number of carbonyl (C=O) groups excluding carboxylic acids is 1. The molecule has 1 fully saturated rings. The van der Waals surface area contributed by atoms with Gasteiger partial charge in [-0.15, -0.1) is 0 Å². The van der Waals surface area contributed by atoms with Gasteiger partial charge >= 0.3 is 0 Å². The molecule has 1 aromatic rings. The van der Waals surface area contributed by atoms with Crippen molar-refractivity contribution in [1.82, 2.24) is 9.21 Å². The van der Waals surface area contributed by atoms with Gasteiger partial charge in [0.25, 0.3) is 0 Å². The van der Waals surface area contributed by atoms with Gasteiger partial charge in [-0.25, -0.2) is 8.42 Å². The highest BCUT2D eigenvalue weighted by Crippen LogP contribution is 2.20. The number of carbonyl (C=O) groups is 1. The third kappa shape index (κ3) is 6.09. The molecule has 0 radical (unpaired) electrons. The zero-order valence-corrected chi connectivity index (χ0v) is 17.1. The fraction of sp³-hybridized carbons (Fsp3) is 0.650. The fourth-order valence-electron chi connectivity index (χ4n) is 3.68. The fourth-order valence-corrected chi connectivity index (χ4v) is 4.91. The molecule has 0 bridgehead atoms. The van der Waals surface area contributed by atoms with E-state index in [2.05, 4.69) is 31.2 Å². The minimum Gasteiger partial charge on any atom is -0.343 e. The Morgan fingerprint density at radius 2 is 1.77 bits per heavy atom. The number of rotatable bonds is 8. The Morgan fingerprint density at radius 1 is 1.15 bits per heavy atom. The van der Waals surface area contributed by atoms with Crippen LogP contribution in [-0.4, -0.2) is 55.5 Å². The number of amides is 1. The lowest BCUT2D eigenvalue weighted by atomic mass is 10.0. The molecule has 0 N–H and O–H groups in total. The molecule has 146 valence electrons. The number of aryl methyl sites for hydroxylation is 2. The summed E-state index contributed by atoms with van der Waals surface area (Å²) in [5.41, 5.74) is 2.59. The molecule has 5 nitrogen and oxygen atoms in total. The van der Waals surface area contributed by atoms with E-state index in [1.165, 1.54) is 17.4 Å². The van der Waals surface area contributed by atoms with Crippen molar-refractivity contribution < 1.29 is 13.2 Å². The van der Waals surface area contributed by atoms with Crippen molar-refractivity contribution in [2.75, 3.05) is 25.9 Å². The van der Waals surface area contributed by atoms with Crippen molar-refractivity contribution in [2.24, 2.45) is 0 Å². The van der Waals surface area contributed by atoms with Crippen molar-refractivity contribution in [3.05, 3.63) is 35.4 Å². The van der Waals surface area contributed by atoms with Crippen LogP contribution in [0.1, 0.15) is 50.2 Å². The van der Waals surface area contributed by atoms with Gasteiger partial charge in [0.2, 0.25) is 15.9 Å². The van der Waals surface area contributed by atoms with Crippen molar-refractivity contribution in [3.63, 3.8) is 0 Å². The van der Waals surface area contributed by atoms with Gasteiger partial charge in [0.1, 0.15) is 0 Å². The predicted octanol–water partition coefficient (Wildman–Crippen LogP) is 2.98. The van der Waals surface area contributed by atoms with Crippen LogP contribution in [0.4, 0.5) is 0 Å². The summed E-state index contributed by atoms with van der Waals surface area (Å²) in [5.74, 6) is 0.203. The van der Waals surface area contributed by atoms with E-state index in [1.54, 1.807) is 4.31 Å². The van der Waals surface area contributed by atoms with E-state index in [-0.39, 0.29) is 11.9 Å². The molecule has 2 rings (SSSR count). The molecule has 0 unspecified atom stereocenters. The molecule has 1 heterocycles. The van der Waals surface area contributed by atoms with E-state index in [0.717, 1.165) is 32.1 Å². The highest BCUT2D eigenvalue weighted by Gasteiger charge is 2.30. The molecular weight excluding hydrogens is 348 g/mol. The minimum atomic E-state index is -3.17. The predicted molar refractivity (Wildman–Crippen MR) is 106 cm³/mol. The third-order valence-corrected chi connectivity index (χ3v) is 6.60. The Kier molecular flexibility index (Phi) is 7.65. The lowest BCUT2D eigenvalue weighted by Gasteiger charge is -2.37. The summed E-state index contributed by atoms with van der Waals surface area (Å²) in [6.07, 6.45) is 6.24. The molecule has 1 amide bonds.